The SMILES string of the molecule is CC(=O)N/C(=C\c1ccc(F)cc1)C(=O)OCCC(F)=C(F)F. The highest BCUT2D eigenvalue weighted by Crippen LogP contribution is 2.13. The lowest BCUT2D eigenvalue weighted by Crippen LogP contribution is -2.26. The van der Waals surface area contributed by atoms with E-state index in [9.17, 15) is 27.2 Å². The normalized spacial score (nSPS) is 10.9. The second-order valence-corrected chi connectivity index (χ2v) is 4.34. The maximum absolute atomic E-state index is 12.8. The van der Waals surface area contributed by atoms with Crippen molar-refractivity contribution < 1.29 is 31.9 Å². The molecule has 0 saturated carbocycles. The maximum Gasteiger partial charge on any atom is 0.354 e. The summed E-state index contributed by atoms with van der Waals surface area (Å²) in [6, 6.07) is 5.00. The standard InChI is InChI=1S/C15H13F4NO3/c1-9(21)20-13(8-10-2-4-11(16)5-3-10)15(22)23-7-6-12(17)14(18)19/h2-5,8H,6-7H2,1H3,(H,20,21)/b13-8-. The summed E-state index contributed by atoms with van der Waals surface area (Å²) in [6.07, 6.45) is -2.05. The lowest BCUT2D eigenvalue weighted by molar-refractivity contribution is -0.140. The van der Waals surface area contributed by atoms with Gasteiger partial charge in [0, 0.05) is 13.3 Å². The largest absolute Gasteiger partial charge is 0.461 e. The number of nitrogens with one attached hydrogen (secondary N) is 1. The van der Waals surface area contributed by atoms with Gasteiger partial charge in [0.25, 0.3) is 0 Å². The summed E-state index contributed by atoms with van der Waals surface area (Å²) >= 11 is 0. The number of carbonyl (C=O) groups excluding carboxylic acids is 2. The third-order valence-corrected chi connectivity index (χ3v) is 2.47. The molecule has 8 heteroatoms. The van der Waals surface area contributed by atoms with Crippen LogP contribution < -0.4 is 5.32 Å². The van der Waals surface area contributed by atoms with E-state index in [1.54, 1.807) is 0 Å². The number of benzene rings is 1. The van der Waals surface area contributed by atoms with Crippen molar-refractivity contribution in [3.05, 3.63) is 53.3 Å². The highest BCUT2D eigenvalue weighted by Gasteiger charge is 2.14. The van der Waals surface area contributed by atoms with Crippen molar-refractivity contribution in [1.82, 2.24) is 5.32 Å². The van der Waals surface area contributed by atoms with Gasteiger partial charge < -0.3 is 10.1 Å². The zero-order valence-electron chi connectivity index (χ0n) is 12.0. The minimum absolute atomic E-state index is 0.283. The summed E-state index contributed by atoms with van der Waals surface area (Å²) in [4.78, 5) is 22.9. The van der Waals surface area contributed by atoms with Crippen molar-refractivity contribution >= 4 is 18.0 Å². The number of hydrogen-bond donors (Lipinski definition) is 1. The smallest absolute Gasteiger partial charge is 0.354 e. The van der Waals surface area contributed by atoms with E-state index in [0.717, 1.165) is 19.1 Å². The predicted molar refractivity (Wildman–Crippen MR) is 74.1 cm³/mol. The van der Waals surface area contributed by atoms with Crippen LogP contribution in [0, 0.1) is 5.82 Å². The van der Waals surface area contributed by atoms with Gasteiger partial charge >= 0.3 is 12.0 Å². The van der Waals surface area contributed by atoms with Gasteiger partial charge in [-0.25, -0.2) is 13.6 Å². The van der Waals surface area contributed by atoms with Gasteiger partial charge in [-0.1, -0.05) is 12.1 Å². The molecule has 0 spiro atoms. The molecule has 0 saturated heterocycles. The molecule has 0 unspecified atom stereocenters. The molecule has 0 heterocycles. The maximum atomic E-state index is 12.8. The first-order valence-corrected chi connectivity index (χ1v) is 6.41. The van der Waals surface area contributed by atoms with Crippen LogP contribution in [0.3, 0.4) is 0 Å². The zero-order valence-corrected chi connectivity index (χ0v) is 12.0. The van der Waals surface area contributed by atoms with Gasteiger partial charge in [0.2, 0.25) is 5.91 Å². The fraction of sp³-hybridized carbons (Fsp3) is 0.200. The van der Waals surface area contributed by atoms with Crippen LogP contribution in [-0.2, 0) is 14.3 Å². The van der Waals surface area contributed by atoms with Crippen LogP contribution >= 0.6 is 0 Å². The van der Waals surface area contributed by atoms with Crippen LogP contribution in [0.5, 0.6) is 0 Å². The van der Waals surface area contributed by atoms with Crippen LogP contribution in [0.25, 0.3) is 6.08 Å². The van der Waals surface area contributed by atoms with Crippen molar-refractivity contribution in [3.63, 3.8) is 0 Å². The summed E-state index contributed by atoms with van der Waals surface area (Å²) in [5.74, 6) is -3.77. The third kappa shape index (κ3) is 6.77. The number of esters is 1. The average Bonchev–Trinajstić information content (AvgIpc) is 2.48. The molecule has 124 valence electrons. The van der Waals surface area contributed by atoms with Crippen LogP contribution in [0.1, 0.15) is 18.9 Å². The molecule has 1 N–H and O–H groups in total. The molecule has 0 aliphatic carbocycles. The molecule has 4 nitrogen and oxygen atoms in total. The van der Waals surface area contributed by atoms with E-state index in [0.29, 0.717) is 5.56 Å². The van der Waals surface area contributed by atoms with Crippen molar-refractivity contribution in [2.45, 2.75) is 13.3 Å². The lowest BCUT2D eigenvalue weighted by atomic mass is 10.2. The van der Waals surface area contributed by atoms with E-state index in [2.05, 4.69) is 10.1 Å². The monoisotopic (exact) mass is 331 g/mol. The summed E-state index contributed by atoms with van der Waals surface area (Å²) in [7, 11) is 0. The van der Waals surface area contributed by atoms with Gasteiger partial charge in [0.05, 0.1) is 6.61 Å². The Hall–Kier alpha value is -2.64. The van der Waals surface area contributed by atoms with Gasteiger partial charge in [0.15, 0.2) is 5.83 Å². The molecule has 0 aliphatic rings. The third-order valence-electron chi connectivity index (χ3n) is 2.47. The molecular formula is C15H13F4NO3. The molecule has 0 aromatic heterocycles. The van der Waals surface area contributed by atoms with Gasteiger partial charge in [-0.3, -0.25) is 4.79 Å². The van der Waals surface area contributed by atoms with E-state index >= 15 is 0 Å². The van der Waals surface area contributed by atoms with E-state index in [1.165, 1.54) is 18.2 Å². The molecule has 1 rings (SSSR count). The van der Waals surface area contributed by atoms with Gasteiger partial charge in [0.1, 0.15) is 11.5 Å². The Morgan fingerprint density at radius 3 is 2.30 bits per heavy atom. The second kappa shape index (κ2) is 8.72. The van der Waals surface area contributed by atoms with Crippen LogP contribution in [-0.4, -0.2) is 18.5 Å². The number of halogens is 4. The van der Waals surface area contributed by atoms with Crippen LogP contribution in [0.4, 0.5) is 17.6 Å². The fourth-order valence-corrected chi connectivity index (χ4v) is 1.47. The first kappa shape index (κ1) is 18.4. The number of hydrogen-bond acceptors (Lipinski definition) is 3. The van der Waals surface area contributed by atoms with Crippen molar-refractivity contribution in [2.75, 3.05) is 6.61 Å². The Labute approximate surface area is 129 Å². The summed E-state index contributed by atoms with van der Waals surface area (Å²) in [5, 5.41) is 2.20. The fourth-order valence-electron chi connectivity index (χ4n) is 1.47. The Balaban J connectivity index is 2.80. The van der Waals surface area contributed by atoms with Gasteiger partial charge in [-0.05, 0) is 23.8 Å². The Bertz CT molecular complexity index is 635. The van der Waals surface area contributed by atoms with E-state index < -0.39 is 42.6 Å². The van der Waals surface area contributed by atoms with Gasteiger partial charge in [-0.15, -0.1) is 0 Å². The molecule has 1 amide bonds. The zero-order chi connectivity index (χ0) is 17.4. The highest BCUT2D eigenvalue weighted by molar-refractivity contribution is 5.97. The molecule has 1 aromatic rings. The minimum Gasteiger partial charge on any atom is -0.461 e. The number of rotatable bonds is 6. The number of carbonyl (C=O) groups is 2. The number of amides is 1. The van der Waals surface area contributed by atoms with Crippen LogP contribution in [0.2, 0.25) is 0 Å². The van der Waals surface area contributed by atoms with Crippen molar-refractivity contribution in [1.29, 1.82) is 0 Å². The summed E-state index contributed by atoms with van der Waals surface area (Å²) in [6.45, 7) is 0.523. The molecule has 23 heavy (non-hydrogen) atoms. The second-order valence-electron chi connectivity index (χ2n) is 4.34. The first-order chi connectivity index (χ1) is 10.8. The van der Waals surface area contributed by atoms with E-state index in [1.807, 2.05) is 0 Å². The Morgan fingerprint density at radius 2 is 1.78 bits per heavy atom. The van der Waals surface area contributed by atoms with Crippen molar-refractivity contribution in [3.8, 4) is 0 Å². The predicted octanol–water partition coefficient (Wildman–Crippen LogP) is 3.31. The topological polar surface area (TPSA) is 55.4 Å². The molecule has 0 bridgehead atoms. The van der Waals surface area contributed by atoms with E-state index in [-0.39, 0.29) is 5.70 Å². The lowest BCUT2D eigenvalue weighted by Gasteiger charge is -2.08. The van der Waals surface area contributed by atoms with E-state index in [4.69, 9.17) is 0 Å². The Kier molecular flexibility index (Phi) is 6.98. The summed E-state index contributed by atoms with van der Waals surface area (Å²) in [5.41, 5.74) is 0.113. The molecule has 1 aromatic carbocycles. The summed E-state index contributed by atoms with van der Waals surface area (Å²) < 4.78 is 53.8. The minimum atomic E-state index is -2.48. The molecule has 0 radical (unpaired) electrons. The first-order valence-electron chi connectivity index (χ1n) is 6.41. The highest BCUT2D eigenvalue weighted by atomic mass is 19.3. The molecule has 0 fully saturated rings. The molecular weight excluding hydrogens is 318 g/mol. The average molecular weight is 331 g/mol. The quantitative estimate of drug-likeness (QED) is 0.494. The van der Waals surface area contributed by atoms with Crippen molar-refractivity contribution in [2.24, 2.45) is 0 Å². The molecule has 0 aliphatic heterocycles. The number of ether oxygens (including phenoxy) is 1. The van der Waals surface area contributed by atoms with Crippen LogP contribution in [0.15, 0.2) is 41.9 Å². The van der Waals surface area contributed by atoms with Gasteiger partial charge in [-0.2, -0.15) is 8.78 Å². The Morgan fingerprint density at radius 1 is 1.17 bits per heavy atom. The molecule has 0 atom stereocenters.